The van der Waals surface area contributed by atoms with Gasteiger partial charge in [-0.25, -0.2) is 4.39 Å². The van der Waals surface area contributed by atoms with Crippen molar-refractivity contribution in [3.05, 3.63) is 70.5 Å². The molecule has 0 spiro atoms. The Labute approximate surface area is 234 Å². The van der Waals surface area contributed by atoms with Gasteiger partial charge in [0.2, 0.25) is 0 Å². The first-order valence-corrected chi connectivity index (χ1v) is 14.8. The van der Waals surface area contributed by atoms with Crippen LogP contribution in [0, 0.1) is 11.7 Å². The van der Waals surface area contributed by atoms with Crippen molar-refractivity contribution in [2.75, 3.05) is 6.54 Å². The normalized spacial score (nSPS) is 24.2. The second kappa shape index (κ2) is 11.3. The monoisotopic (exact) mass is 537 g/mol. The van der Waals surface area contributed by atoms with Crippen LogP contribution in [-0.4, -0.2) is 29.3 Å². The fourth-order valence-corrected chi connectivity index (χ4v) is 6.73. The molecule has 4 nitrogen and oxygen atoms in total. The van der Waals surface area contributed by atoms with Gasteiger partial charge >= 0.3 is 5.97 Å². The fraction of sp³-hybridized carbons (Fsp3) is 0.618. The summed E-state index contributed by atoms with van der Waals surface area (Å²) in [4.78, 5) is 12.2. The highest BCUT2D eigenvalue weighted by atomic mass is 19.1. The van der Waals surface area contributed by atoms with Gasteiger partial charge in [-0.2, -0.15) is 0 Å². The number of aliphatic carboxylic acids is 1. The highest BCUT2D eigenvalue weighted by Crippen LogP contribution is 2.45. The van der Waals surface area contributed by atoms with E-state index >= 15 is 0 Å². The first-order chi connectivity index (χ1) is 18.2. The van der Waals surface area contributed by atoms with Gasteiger partial charge in [0, 0.05) is 5.92 Å². The van der Waals surface area contributed by atoms with E-state index in [1.807, 2.05) is 12.1 Å². The second-order valence-corrected chi connectivity index (χ2v) is 14.0. The smallest absolute Gasteiger partial charge is 0.323 e. The summed E-state index contributed by atoms with van der Waals surface area (Å²) >= 11 is 0. The molecule has 2 aromatic carbocycles. The lowest BCUT2D eigenvalue weighted by molar-refractivity contribution is -0.144. The van der Waals surface area contributed by atoms with Crippen LogP contribution >= 0.6 is 0 Å². The number of carboxylic acid groups (broad SMARTS) is 1. The predicted octanol–water partition coefficient (Wildman–Crippen LogP) is 8.05. The number of hydrogen-bond donors (Lipinski definition) is 2. The van der Waals surface area contributed by atoms with Crippen molar-refractivity contribution in [2.24, 2.45) is 5.92 Å². The lowest BCUT2D eigenvalue weighted by Crippen LogP contribution is -2.51. The molecule has 5 heteroatoms. The van der Waals surface area contributed by atoms with Crippen LogP contribution in [0.1, 0.15) is 121 Å². The van der Waals surface area contributed by atoms with Crippen LogP contribution in [0.2, 0.25) is 0 Å². The summed E-state index contributed by atoms with van der Waals surface area (Å²) in [6, 6.07) is 13.6. The summed E-state index contributed by atoms with van der Waals surface area (Å²) in [7, 11) is 0. The summed E-state index contributed by atoms with van der Waals surface area (Å²) in [6.45, 7) is 16.3. The second-order valence-electron chi connectivity index (χ2n) is 14.0. The molecule has 0 aliphatic heterocycles. The van der Waals surface area contributed by atoms with E-state index in [0.717, 1.165) is 31.2 Å². The third-order valence-corrected chi connectivity index (χ3v) is 9.10. The summed E-state index contributed by atoms with van der Waals surface area (Å²) in [5.74, 6) is -0.706. The predicted molar refractivity (Wildman–Crippen MR) is 156 cm³/mol. The summed E-state index contributed by atoms with van der Waals surface area (Å²) in [5, 5.41) is 13.5. The molecule has 39 heavy (non-hydrogen) atoms. The largest absolute Gasteiger partial charge is 0.480 e. The Balaban J connectivity index is 1.60. The van der Waals surface area contributed by atoms with Crippen molar-refractivity contribution < 1.29 is 19.0 Å². The minimum atomic E-state index is -0.823. The highest BCUT2D eigenvalue weighted by Gasteiger charge is 2.44. The number of carbonyl (C=O) groups is 1. The Kier molecular flexibility index (Phi) is 8.64. The molecule has 0 radical (unpaired) electrons. The Hall–Kier alpha value is -2.24. The number of ether oxygens (including phenoxy) is 1. The Morgan fingerprint density at radius 1 is 1.03 bits per heavy atom. The van der Waals surface area contributed by atoms with Crippen LogP contribution in [0.5, 0.6) is 0 Å². The van der Waals surface area contributed by atoms with Crippen molar-refractivity contribution in [1.82, 2.24) is 5.32 Å². The van der Waals surface area contributed by atoms with Gasteiger partial charge in [0.25, 0.3) is 0 Å². The van der Waals surface area contributed by atoms with E-state index in [1.165, 1.54) is 28.8 Å². The minimum Gasteiger partial charge on any atom is -0.480 e. The average molecular weight is 538 g/mol. The first kappa shape index (κ1) is 29.7. The molecule has 0 heterocycles. The van der Waals surface area contributed by atoms with Crippen molar-refractivity contribution in [2.45, 2.75) is 121 Å². The first-order valence-electron chi connectivity index (χ1n) is 14.8. The number of carboxylic acids is 1. The number of rotatable bonds is 8. The maximum Gasteiger partial charge on any atom is 0.323 e. The zero-order valence-corrected chi connectivity index (χ0v) is 24.9. The molecular formula is C34H48FNO3. The van der Waals surface area contributed by atoms with Crippen molar-refractivity contribution in [1.29, 1.82) is 0 Å². The number of nitrogens with one attached hydrogen (secondary N) is 1. The van der Waals surface area contributed by atoms with Crippen LogP contribution in [0.15, 0.2) is 42.5 Å². The van der Waals surface area contributed by atoms with E-state index in [-0.39, 0.29) is 40.7 Å². The highest BCUT2D eigenvalue weighted by molar-refractivity contribution is 5.79. The number of benzene rings is 2. The van der Waals surface area contributed by atoms with E-state index < -0.39 is 11.5 Å². The molecule has 2 aliphatic rings. The number of hydrogen-bond acceptors (Lipinski definition) is 3. The molecule has 4 atom stereocenters. The lowest BCUT2D eigenvalue weighted by Gasteiger charge is -2.33. The molecule has 0 saturated heterocycles. The lowest BCUT2D eigenvalue weighted by atomic mass is 9.77. The van der Waals surface area contributed by atoms with Crippen LogP contribution < -0.4 is 5.32 Å². The molecule has 2 N–H and O–H groups in total. The fourth-order valence-electron chi connectivity index (χ4n) is 6.73. The van der Waals surface area contributed by atoms with Crippen molar-refractivity contribution in [3.8, 4) is 0 Å². The van der Waals surface area contributed by atoms with Crippen molar-refractivity contribution >= 4 is 5.97 Å². The van der Waals surface area contributed by atoms with Gasteiger partial charge in [-0.15, -0.1) is 0 Å². The van der Waals surface area contributed by atoms with Gasteiger partial charge in [0.15, 0.2) is 0 Å². The van der Waals surface area contributed by atoms with Gasteiger partial charge in [-0.05, 0) is 90.3 Å². The third-order valence-electron chi connectivity index (χ3n) is 9.10. The molecule has 0 amide bonds. The SMILES string of the molecule is CC(OC1CCC(CNC2(C(=O)O)CCCC2)C1c1ccc(F)cc1)c1ccc(C(C)(C)C)cc1C(C)(C)C. The zero-order valence-electron chi connectivity index (χ0n) is 24.9. The quantitative estimate of drug-likeness (QED) is 0.358. The molecule has 2 aromatic rings. The van der Waals surface area contributed by atoms with E-state index in [4.69, 9.17) is 4.74 Å². The summed E-state index contributed by atoms with van der Waals surface area (Å²) in [6.07, 6.45) is 4.93. The van der Waals surface area contributed by atoms with E-state index in [2.05, 4.69) is 72.0 Å². The van der Waals surface area contributed by atoms with Gasteiger partial charge in [0.05, 0.1) is 12.2 Å². The topological polar surface area (TPSA) is 58.6 Å². The maximum absolute atomic E-state index is 13.9. The molecule has 2 saturated carbocycles. The van der Waals surface area contributed by atoms with Crippen LogP contribution in [0.4, 0.5) is 4.39 Å². The van der Waals surface area contributed by atoms with E-state index in [1.54, 1.807) is 0 Å². The van der Waals surface area contributed by atoms with Gasteiger partial charge in [-0.3, -0.25) is 4.79 Å². The van der Waals surface area contributed by atoms with E-state index in [9.17, 15) is 14.3 Å². The molecule has 0 bridgehead atoms. The number of halogens is 1. The Morgan fingerprint density at radius 2 is 1.67 bits per heavy atom. The van der Waals surface area contributed by atoms with Crippen LogP contribution in [0.25, 0.3) is 0 Å². The molecule has 0 aromatic heterocycles. The molecule has 2 fully saturated rings. The standard InChI is InChI=1S/C34H48FNO3/c1-22(27-16-13-25(32(2,3)4)20-28(27)33(5,6)7)39-29-17-12-24(30(29)23-10-14-26(35)15-11-23)21-36-34(31(37)38)18-8-9-19-34/h10-11,13-16,20,22,24,29-30,36H,8-9,12,17-19,21H2,1-7H3,(H,37,38). The maximum atomic E-state index is 13.9. The zero-order chi connectivity index (χ0) is 28.6. The molecule has 4 rings (SSSR count). The third kappa shape index (κ3) is 6.57. The molecular weight excluding hydrogens is 489 g/mol. The van der Waals surface area contributed by atoms with Gasteiger partial charge in [0.1, 0.15) is 11.4 Å². The van der Waals surface area contributed by atoms with Gasteiger partial charge < -0.3 is 15.2 Å². The van der Waals surface area contributed by atoms with E-state index in [0.29, 0.717) is 19.4 Å². The molecule has 4 unspecified atom stereocenters. The molecule has 2 aliphatic carbocycles. The molecule has 214 valence electrons. The average Bonchev–Trinajstić information content (AvgIpc) is 3.50. The van der Waals surface area contributed by atoms with Crippen LogP contribution in [-0.2, 0) is 20.4 Å². The van der Waals surface area contributed by atoms with Crippen molar-refractivity contribution in [3.63, 3.8) is 0 Å². The minimum absolute atomic E-state index is 0.0286. The Morgan fingerprint density at radius 3 is 2.23 bits per heavy atom. The summed E-state index contributed by atoms with van der Waals surface area (Å²) in [5.41, 5.74) is 4.11. The summed E-state index contributed by atoms with van der Waals surface area (Å²) < 4.78 is 20.7. The Bertz CT molecular complexity index is 1140. The van der Waals surface area contributed by atoms with Gasteiger partial charge in [-0.1, -0.05) is 84.7 Å². The van der Waals surface area contributed by atoms with Crippen LogP contribution in [0.3, 0.4) is 0 Å².